The van der Waals surface area contributed by atoms with E-state index in [9.17, 15) is 8.42 Å². The van der Waals surface area contributed by atoms with Gasteiger partial charge in [0.15, 0.2) is 5.96 Å². The average Bonchev–Trinajstić information content (AvgIpc) is 2.50. The molecule has 1 unspecified atom stereocenters. The van der Waals surface area contributed by atoms with Crippen LogP contribution in [0.3, 0.4) is 0 Å². The number of nitrogens with zero attached hydrogens (tertiary/aromatic N) is 1. The fourth-order valence-corrected chi connectivity index (χ4v) is 3.08. The van der Waals surface area contributed by atoms with Crippen molar-refractivity contribution in [2.75, 3.05) is 18.0 Å². The van der Waals surface area contributed by atoms with Crippen molar-refractivity contribution in [1.29, 1.82) is 0 Å². The van der Waals surface area contributed by atoms with Gasteiger partial charge in [0, 0.05) is 19.6 Å². The summed E-state index contributed by atoms with van der Waals surface area (Å²) in [6.07, 6.45) is 4.65. The molecule has 0 aromatic heterocycles. The SMILES string of the molecule is CN=C(NCc1ccccc1NS(C)(=O)=O)NC(C)CCCC(C)C. The van der Waals surface area contributed by atoms with Gasteiger partial charge >= 0.3 is 0 Å². The van der Waals surface area contributed by atoms with E-state index in [0.29, 0.717) is 24.2 Å². The molecule has 1 atom stereocenters. The van der Waals surface area contributed by atoms with Gasteiger partial charge < -0.3 is 10.6 Å². The molecule has 0 radical (unpaired) electrons. The molecule has 0 aliphatic heterocycles. The molecule has 0 spiro atoms. The monoisotopic (exact) mass is 368 g/mol. The molecule has 0 aliphatic rings. The Balaban J connectivity index is 2.58. The third kappa shape index (κ3) is 9.34. The van der Waals surface area contributed by atoms with Crippen LogP contribution in [0.25, 0.3) is 0 Å². The summed E-state index contributed by atoms with van der Waals surface area (Å²) in [5.41, 5.74) is 1.45. The minimum atomic E-state index is -3.30. The molecule has 6 nitrogen and oxygen atoms in total. The first-order valence-electron chi connectivity index (χ1n) is 8.74. The van der Waals surface area contributed by atoms with Gasteiger partial charge in [-0.2, -0.15) is 0 Å². The van der Waals surface area contributed by atoms with Gasteiger partial charge in [0.05, 0.1) is 11.9 Å². The third-order valence-electron chi connectivity index (χ3n) is 3.78. The summed E-state index contributed by atoms with van der Waals surface area (Å²) in [6, 6.07) is 7.66. The lowest BCUT2D eigenvalue weighted by Crippen LogP contribution is -2.41. The maximum absolute atomic E-state index is 11.5. The maximum atomic E-state index is 11.5. The van der Waals surface area contributed by atoms with Crippen molar-refractivity contribution in [1.82, 2.24) is 10.6 Å². The van der Waals surface area contributed by atoms with Crippen LogP contribution in [0.2, 0.25) is 0 Å². The van der Waals surface area contributed by atoms with Crippen LogP contribution in [0.5, 0.6) is 0 Å². The van der Waals surface area contributed by atoms with Gasteiger partial charge in [-0.3, -0.25) is 9.71 Å². The van der Waals surface area contributed by atoms with Crippen molar-refractivity contribution >= 4 is 21.7 Å². The van der Waals surface area contributed by atoms with Crippen LogP contribution in [0.1, 0.15) is 45.6 Å². The molecule has 142 valence electrons. The lowest BCUT2D eigenvalue weighted by Gasteiger charge is -2.19. The molecule has 1 aromatic rings. The van der Waals surface area contributed by atoms with Crippen LogP contribution in [0.4, 0.5) is 5.69 Å². The summed E-state index contributed by atoms with van der Waals surface area (Å²) in [6.45, 7) is 7.10. The van der Waals surface area contributed by atoms with E-state index < -0.39 is 10.0 Å². The van der Waals surface area contributed by atoms with E-state index in [2.05, 4.69) is 41.1 Å². The Bertz CT molecular complexity index is 657. The van der Waals surface area contributed by atoms with Crippen LogP contribution in [-0.2, 0) is 16.6 Å². The third-order valence-corrected chi connectivity index (χ3v) is 4.38. The highest BCUT2D eigenvalue weighted by molar-refractivity contribution is 7.92. The van der Waals surface area contributed by atoms with E-state index in [0.717, 1.165) is 24.2 Å². The fourth-order valence-electron chi connectivity index (χ4n) is 2.49. The molecule has 1 aromatic carbocycles. The summed E-state index contributed by atoms with van der Waals surface area (Å²) in [7, 11) is -1.57. The van der Waals surface area contributed by atoms with Crippen LogP contribution in [0, 0.1) is 5.92 Å². The molecule has 25 heavy (non-hydrogen) atoms. The van der Waals surface area contributed by atoms with Gasteiger partial charge in [-0.15, -0.1) is 0 Å². The fraction of sp³-hybridized carbons (Fsp3) is 0.611. The molecule has 1 rings (SSSR count). The predicted molar refractivity (Wildman–Crippen MR) is 106 cm³/mol. The summed E-state index contributed by atoms with van der Waals surface area (Å²) in [5, 5.41) is 6.62. The highest BCUT2D eigenvalue weighted by atomic mass is 32.2. The zero-order chi connectivity index (χ0) is 18.9. The Labute approximate surface area is 152 Å². The topological polar surface area (TPSA) is 82.6 Å². The van der Waals surface area contributed by atoms with Crippen molar-refractivity contribution in [3.63, 3.8) is 0 Å². The lowest BCUT2D eigenvalue weighted by molar-refractivity contribution is 0.491. The van der Waals surface area contributed by atoms with Crippen molar-refractivity contribution in [3.8, 4) is 0 Å². The quantitative estimate of drug-likeness (QED) is 0.462. The minimum Gasteiger partial charge on any atom is -0.354 e. The van der Waals surface area contributed by atoms with Gasteiger partial charge in [-0.05, 0) is 30.9 Å². The number of para-hydroxylation sites is 1. The molecule has 3 N–H and O–H groups in total. The number of rotatable bonds is 9. The smallest absolute Gasteiger partial charge is 0.229 e. The van der Waals surface area contributed by atoms with Crippen molar-refractivity contribution in [3.05, 3.63) is 29.8 Å². The maximum Gasteiger partial charge on any atom is 0.229 e. The van der Waals surface area contributed by atoms with Crippen LogP contribution >= 0.6 is 0 Å². The molecular weight excluding hydrogens is 336 g/mol. The second kappa shape index (κ2) is 10.3. The Morgan fingerprint density at radius 2 is 1.84 bits per heavy atom. The average molecular weight is 369 g/mol. The first-order chi connectivity index (χ1) is 11.7. The highest BCUT2D eigenvalue weighted by Gasteiger charge is 2.09. The van der Waals surface area contributed by atoms with Gasteiger partial charge in [-0.1, -0.05) is 44.9 Å². The standard InChI is InChI=1S/C18H32N4O2S/c1-14(2)9-8-10-15(3)21-18(19-4)20-13-16-11-6-7-12-17(16)22-25(5,23)24/h6-7,11-12,14-15,22H,8-10,13H2,1-5H3,(H2,19,20,21). The molecule has 7 heteroatoms. The van der Waals surface area contributed by atoms with Crippen LogP contribution in [0.15, 0.2) is 29.3 Å². The Hall–Kier alpha value is -1.76. The summed E-state index contributed by atoms with van der Waals surface area (Å²) < 4.78 is 25.5. The number of nitrogens with one attached hydrogen (secondary N) is 3. The number of anilines is 1. The lowest BCUT2D eigenvalue weighted by atomic mass is 10.0. The highest BCUT2D eigenvalue weighted by Crippen LogP contribution is 2.16. The number of sulfonamides is 1. The van der Waals surface area contributed by atoms with Crippen molar-refractivity contribution < 1.29 is 8.42 Å². The zero-order valence-electron chi connectivity index (χ0n) is 16.0. The van der Waals surface area contributed by atoms with Crippen molar-refractivity contribution in [2.24, 2.45) is 10.9 Å². The van der Waals surface area contributed by atoms with Gasteiger partial charge in [0.1, 0.15) is 0 Å². The number of aliphatic imine (C=N–C) groups is 1. The normalized spacial score (nSPS) is 13.6. The minimum absolute atomic E-state index is 0.328. The van der Waals surface area contributed by atoms with E-state index in [1.54, 1.807) is 19.2 Å². The first kappa shape index (κ1) is 21.3. The molecule has 0 fully saturated rings. The first-order valence-corrected chi connectivity index (χ1v) is 10.6. The van der Waals surface area contributed by atoms with E-state index in [1.165, 1.54) is 12.8 Å². The Morgan fingerprint density at radius 3 is 2.44 bits per heavy atom. The largest absolute Gasteiger partial charge is 0.354 e. The Morgan fingerprint density at radius 1 is 1.16 bits per heavy atom. The predicted octanol–water partition coefficient (Wildman–Crippen LogP) is 2.94. The van der Waals surface area contributed by atoms with E-state index in [4.69, 9.17) is 0 Å². The zero-order valence-corrected chi connectivity index (χ0v) is 16.8. The second-order valence-electron chi connectivity index (χ2n) is 6.83. The summed E-state index contributed by atoms with van der Waals surface area (Å²) >= 11 is 0. The van der Waals surface area contributed by atoms with Gasteiger partial charge in [0.25, 0.3) is 0 Å². The number of benzene rings is 1. The second-order valence-corrected chi connectivity index (χ2v) is 8.58. The van der Waals surface area contributed by atoms with E-state index >= 15 is 0 Å². The number of hydrogen-bond acceptors (Lipinski definition) is 3. The van der Waals surface area contributed by atoms with Crippen molar-refractivity contribution in [2.45, 2.75) is 52.6 Å². The molecule has 0 aliphatic carbocycles. The molecule has 0 saturated carbocycles. The molecular formula is C18H32N4O2S. The van der Waals surface area contributed by atoms with E-state index in [-0.39, 0.29) is 0 Å². The van der Waals surface area contributed by atoms with Gasteiger partial charge in [-0.25, -0.2) is 8.42 Å². The summed E-state index contributed by atoms with van der Waals surface area (Å²) in [5.74, 6) is 1.44. The molecule has 0 saturated heterocycles. The van der Waals surface area contributed by atoms with Crippen LogP contribution < -0.4 is 15.4 Å². The molecule has 0 amide bonds. The molecule has 0 bridgehead atoms. The summed E-state index contributed by atoms with van der Waals surface area (Å²) in [4.78, 5) is 4.25. The van der Waals surface area contributed by atoms with Crippen LogP contribution in [-0.4, -0.2) is 33.7 Å². The van der Waals surface area contributed by atoms with Gasteiger partial charge in [0.2, 0.25) is 10.0 Å². The number of hydrogen-bond donors (Lipinski definition) is 3. The molecule has 0 heterocycles. The van der Waals surface area contributed by atoms with E-state index in [1.807, 2.05) is 12.1 Å². The number of guanidine groups is 1. The Kier molecular flexibility index (Phi) is 8.75.